The first-order chi connectivity index (χ1) is 9.75. The van der Waals surface area contributed by atoms with Crippen LogP contribution in [0.25, 0.3) is 0 Å². The van der Waals surface area contributed by atoms with Crippen LogP contribution in [0.4, 0.5) is 5.69 Å². The number of carbonyl (C=O) groups excluding carboxylic acids is 1. The van der Waals surface area contributed by atoms with Gasteiger partial charge >= 0.3 is 0 Å². The molecule has 3 rings (SSSR count). The SMILES string of the molecule is Cn1nccc1CCN1C(=O)CNCc2ccccc21. The topological polar surface area (TPSA) is 50.2 Å². The first-order valence-corrected chi connectivity index (χ1v) is 6.81. The molecule has 0 saturated carbocycles. The molecule has 0 unspecified atom stereocenters. The number of para-hydroxylation sites is 1. The van der Waals surface area contributed by atoms with Crippen molar-refractivity contribution in [1.29, 1.82) is 0 Å². The Balaban J connectivity index is 1.83. The predicted molar refractivity (Wildman–Crippen MR) is 77.4 cm³/mol. The largest absolute Gasteiger partial charge is 0.311 e. The highest BCUT2D eigenvalue weighted by Crippen LogP contribution is 2.22. The van der Waals surface area contributed by atoms with Gasteiger partial charge in [-0.2, -0.15) is 5.10 Å². The van der Waals surface area contributed by atoms with Gasteiger partial charge in [-0.3, -0.25) is 9.48 Å². The average Bonchev–Trinajstić information content (AvgIpc) is 2.78. The molecule has 1 N–H and O–H groups in total. The van der Waals surface area contributed by atoms with Crippen molar-refractivity contribution in [3.63, 3.8) is 0 Å². The highest BCUT2D eigenvalue weighted by Gasteiger charge is 2.21. The number of amides is 1. The first kappa shape index (κ1) is 12.9. The van der Waals surface area contributed by atoms with Gasteiger partial charge in [0.2, 0.25) is 5.91 Å². The Hall–Kier alpha value is -2.14. The third-order valence-corrected chi connectivity index (χ3v) is 3.69. The molecular weight excluding hydrogens is 252 g/mol. The molecule has 0 aliphatic carbocycles. The number of benzene rings is 1. The number of rotatable bonds is 3. The normalized spacial score (nSPS) is 15.1. The van der Waals surface area contributed by atoms with Gasteiger partial charge in [0, 0.05) is 44.1 Å². The van der Waals surface area contributed by atoms with Gasteiger partial charge < -0.3 is 10.2 Å². The molecule has 1 aliphatic heterocycles. The Bertz CT molecular complexity index is 620. The number of fused-ring (bicyclic) bond motifs is 1. The maximum absolute atomic E-state index is 12.3. The number of carbonyl (C=O) groups is 1. The van der Waals surface area contributed by atoms with Crippen LogP contribution in [0, 0.1) is 0 Å². The Morgan fingerprint density at radius 3 is 2.90 bits per heavy atom. The molecule has 1 amide bonds. The van der Waals surface area contributed by atoms with E-state index in [0.717, 1.165) is 24.3 Å². The van der Waals surface area contributed by atoms with Crippen LogP contribution in [0.1, 0.15) is 11.3 Å². The van der Waals surface area contributed by atoms with Crippen LogP contribution in [-0.4, -0.2) is 28.8 Å². The molecular formula is C15H18N4O. The fourth-order valence-electron chi connectivity index (χ4n) is 2.58. The molecule has 20 heavy (non-hydrogen) atoms. The number of aromatic nitrogens is 2. The number of nitrogens with zero attached hydrogens (tertiary/aromatic N) is 3. The van der Waals surface area contributed by atoms with E-state index in [9.17, 15) is 4.79 Å². The minimum atomic E-state index is 0.122. The highest BCUT2D eigenvalue weighted by atomic mass is 16.2. The maximum atomic E-state index is 12.3. The molecule has 1 aromatic heterocycles. The zero-order chi connectivity index (χ0) is 13.9. The Kier molecular flexibility index (Phi) is 3.52. The van der Waals surface area contributed by atoms with Gasteiger partial charge in [-0.15, -0.1) is 0 Å². The third kappa shape index (κ3) is 2.44. The van der Waals surface area contributed by atoms with E-state index in [0.29, 0.717) is 13.1 Å². The molecule has 0 saturated heterocycles. The smallest absolute Gasteiger partial charge is 0.240 e. The molecule has 0 fully saturated rings. The van der Waals surface area contributed by atoms with E-state index in [-0.39, 0.29) is 5.91 Å². The lowest BCUT2D eigenvalue weighted by Crippen LogP contribution is -2.37. The Morgan fingerprint density at radius 2 is 2.10 bits per heavy atom. The van der Waals surface area contributed by atoms with Gasteiger partial charge in [-0.05, 0) is 17.7 Å². The van der Waals surface area contributed by atoms with Crippen LogP contribution < -0.4 is 10.2 Å². The highest BCUT2D eigenvalue weighted by molar-refractivity contribution is 5.96. The molecule has 5 heteroatoms. The van der Waals surface area contributed by atoms with E-state index in [1.807, 2.05) is 40.9 Å². The summed E-state index contributed by atoms with van der Waals surface area (Å²) in [6, 6.07) is 10.1. The summed E-state index contributed by atoms with van der Waals surface area (Å²) in [4.78, 5) is 14.1. The second-order valence-electron chi connectivity index (χ2n) is 4.97. The monoisotopic (exact) mass is 270 g/mol. The van der Waals surface area contributed by atoms with Crippen molar-refractivity contribution in [1.82, 2.24) is 15.1 Å². The summed E-state index contributed by atoms with van der Waals surface area (Å²) in [5.41, 5.74) is 3.32. The number of anilines is 1. The van der Waals surface area contributed by atoms with Crippen molar-refractivity contribution in [2.45, 2.75) is 13.0 Å². The molecule has 2 aromatic rings. The number of aryl methyl sites for hydroxylation is 1. The first-order valence-electron chi connectivity index (χ1n) is 6.81. The maximum Gasteiger partial charge on any atom is 0.240 e. The van der Waals surface area contributed by atoms with Gasteiger partial charge in [0.15, 0.2) is 0 Å². The van der Waals surface area contributed by atoms with Crippen molar-refractivity contribution in [2.24, 2.45) is 7.05 Å². The summed E-state index contributed by atoms with van der Waals surface area (Å²) in [6.07, 6.45) is 2.59. The Labute approximate surface area is 118 Å². The molecule has 5 nitrogen and oxygen atoms in total. The molecule has 0 radical (unpaired) electrons. The average molecular weight is 270 g/mol. The van der Waals surface area contributed by atoms with Crippen LogP contribution in [-0.2, 0) is 24.8 Å². The summed E-state index contributed by atoms with van der Waals surface area (Å²) in [5, 5.41) is 7.34. The zero-order valence-corrected chi connectivity index (χ0v) is 11.5. The summed E-state index contributed by atoms with van der Waals surface area (Å²) in [7, 11) is 1.93. The zero-order valence-electron chi connectivity index (χ0n) is 11.5. The van der Waals surface area contributed by atoms with Crippen molar-refractivity contribution >= 4 is 11.6 Å². The number of hydrogen-bond acceptors (Lipinski definition) is 3. The number of nitrogens with one attached hydrogen (secondary N) is 1. The predicted octanol–water partition coefficient (Wildman–Crippen LogP) is 1.10. The second-order valence-corrected chi connectivity index (χ2v) is 4.97. The molecule has 0 atom stereocenters. The van der Waals surface area contributed by atoms with E-state index >= 15 is 0 Å². The summed E-state index contributed by atoms with van der Waals surface area (Å²) >= 11 is 0. The minimum absolute atomic E-state index is 0.122. The van der Waals surface area contributed by atoms with E-state index in [1.165, 1.54) is 5.56 Å². The van der Waals surface area contributed by atoms with Crippen LogP contribution >= 0.6 is 0 Å². The van der Waals surface area contributed by atoms with Gasteiger partial charge in [0.25, 0.3) is 0 Å². The molecule has 2 heterocycles. The standard InChI is InChI=1S/C15H18N4O/c1-18-13(6-8-17-18)7-9-19-14-5-3-2-4-12(14)10-16-11-15(19)20/h2-6,8,16H,7,9-11H2,1H3. The molecule has 1 aliphatic rings. The summed E-state index contributed by atoms with van der Waals surface area (Å²) in [5.74, 6) is 0.122. The lowest BCUT2D eigenvalue weighted by Gasteiger charge is -2.22. The molecule has 1 aromatic carbocycles. The van der Waals surface area contributed by atoms with Crippen molar-refractivity contribution in [2.75, 3.05) is 18.0 Å². The summed E-state index contributed by atoms with van der Waals surface area (Å²) in [6.45, 7) is 1.81. The van der Waals surface area contributed by atoms with Crippen LogP contribution in [0.15, 0.2) is 36.5 Å². The van der Waals surface area contributed by atoms with Gasteiger partial charge in [0.05, 0.1) is 6.54 Å². The molecule has 104 valence electrons. The van der Waals surface area contributed by atoms with Gasteiger partial charge in [-0.25, -0.2) is 0 Å². The minimum Gasteiger partial charge on any atom is -0.311 e. The van der Waals surface area contributed by atoms with Crippen LogP contribution in [0.3, 0.4) is 0 Å². The molecule has 0 bridgehead atoms. The van der Waals surface area contributed by atoms with Gasteiger partial charge in [0.1, 0.15) is 0 Å². The van der Waals surface area contributed by atoms with Crippen LogP contribution in [0.5, 0.6) is 0 Å². The lowest BCUT2D eigenvalue weighted by molar-refractivity contribution is -0.117. The summed E-state index contributed by atoms with van der Waals surface area (Å²) < 4.78 is 1.85. The van der Waals surface area contributed by atoms with E-state index in [1.54, 1.807) is 6.20 Å². The van der Waals surface area contributed by atoms with E-state index in [4.69, 9.17) is 0 Å². The van der Waals surface area contributed by atoms with E-state index < -0.39 is 0 Å². The lowest BCUT2D eigenvalue weighted by atomic mass is 10.1. The van der Waals surface area contributed by atoms with Crippen molar-refractivity contribution < 1.29 is 4.79 Å². The fraction of sp³-hybridized carbons (Fsp3) is 0.333. The quantitative estimate of drug-likeness (QED) is 0.908. The van der Waals surface area contributed by atoms with Crippen molar-refractivity contribution in [3.05, 3.63) is 47.8 Å². The Morgan fingerprint density at radius 1 is 1.25 bits per heavy atom. The van der Waals surface area contributed by atoms with Crippen molar-refractivity contribution in [3.8, 4) is 0 Å². The second kappa shape index (κ2) is 5.46. The van der Waals surface area contributed by atoms with Gasteiger partial charge in [-0.1, -0.05) is 18.2 Å². The number of hydrogen-bond donors (Lipinski definition) is 1. The van der Waals surface area contributed by atoms with Crippen LogP contribution in [0.2, 0.25) is 0 Å². The fourth-order valence-corrected chi connectivity index (χ4v) is 2.58. The third-order valence-electron chi connectivity index (χ3n) is 3.69. The molecule has 0 spiro atoms. The van der Waals surface area contributed by atoms with E-state index in [2.05, 4.69) is 16.5 Å².